The maximum Gasteiger partial charge on any atom is 0.315 e. The van der Waals surface area contributed by atoms with Gasteiger partial charge in [-0.1, -0.05) is 6.07 Å². The van der Waals surface area contributed by atoms with E-state index < -0.39 is 5.97 Å². The number of carbonyl (C=O) groups is 2. The highest BCUT2D eigenvalue weighted by Gasteiger charge is 2.01. The van der Waals surface area contributed by atoms with Crippen LogP contribution in [0, 0.1) is 6.92 Å². The van der Waals surface area contributed by atoms with Crippen molar-refractivity contribution in [1.82, 2.24) is 15.6 Å². The zero-order chi connectivity index (χ0) is 14.1. The Balaban J connectivity index is 2.13. The number of hydrogen-bond donors (Lipinski definition) is 3. The Morgan fingerprint density at radius 2 is 2.05 bits per heavy atom. The number of amides is 2. The summed E-state index contributed by atoms with van der Waals surface area (Å²) in [4.78, 5) is 26.0. The Labute approximate surface area is 112 Å². The Bertz CT molecular complexity index is 435. The number of urea groups is 1. The molecule has 0 unspecified atom stereocenters. The lowest BCUT2D eigenvalue weighted by molar-refractivity contribution is -0.137. The van der Waals surface area contributed by atoms with Crippen molar-refractivity contribution in [2.75, 3.05) is 6.54 Å². The van der Waals surface area contributed by atoms with Crippen LogP contribution < -0.4 is 10.6 Å². The van der Waals surface area contributed by atoms with Gasteiger partial charge in [0.15, 0.2) is 0 Å². The van der Waals surface area contributed by atoms with Gasteiger partial charge in [-0.25, -0.2) is 4.79 Å². The van der Waals surface area contributed by atoms with Crippen molar-refractivity contribution >= 4 is 12.0 Å². The summed E-state index contributed by atoms with van der Waals surface area (Å²) in [6.45, 7) is 2.75. The van der Waals surface area contributed by atoms with E-state index in [-0.39, 0.29) is 12.5 Å². The lowest BCUT2D eigenvalue weighted by Gasteiger charge is -2.07. The van der Waals surface area contributed by atoms with E-state index in [0.29, 0.717) is 25.9 Å². The number of nitrogens with zero attached hydrogens (tertiary/aromatic N) is 1. The van der Waals surface area contributed by atoms with Gasteiger partial charge in [-0.3, -0.25) is 9.78 Å². The number of aromatic nitrogens is 1. The summed E-state index contributed by atoms with van der Waals surface area (Å²) in [6.07, 6.45) is 1.36. The summed E-state index contributed by atoms with van der Waals surface area (Å²) in [5.41, 5.74) is 1.72. The van der Waals surface area contributed by atoms with E-state index in [1.807, 2.05) is 25.1 Å². The topological polar surface area (TPSA) is 91.3 Å². The van der Waals surface area contributed by atoms with Crippen molar-refractivity contribution in [2.45, 2.75) is 32.7 Å². The molecule has 3 N–H and O–H groups in total. The quantitative estimate of drug-likeness (QED) is 0.651. The minimum Gasteiger partial charge on any atom is -0.481 e. The number of unbranched alkanes of at least 4 members (excludes halogenated alkanes) is 1. The predicted molar refractivity (Wildman–Crippen MR) is 70.7 cm³/mol. The van der Waals surface area contributed by atoms with E-state index in [1.165, 1.54) is 0 Å². The van der Waals surface area contributed by atoms with E-state index in [2.05, 4.69) is 15.6 Å². The largest absolute Gasteiger partial charge is 0.481 e. The van der Waals surface area contributed by atoms with E-state index >= 15 is 0 Å². The average molecular weight is 265 g/mol. The number of carbonyl (C=O) groups excluding carboxylic acids is 1. The zero-order valence-corrected chi connectivity index (χ0v) is 11.0. The molecule has 1 aromatic heterocycles. The molecule has 0 aliphatic carbocycles. The molecule has 6 nitrogen and oxygen atoms in total. The summed E-state index contributed by atoms with van der Waals surface area (Å²) >= 11 is 0. The summed E-state index contributed by atoms with van der Waals surface area (Å²) in [6, 6.07) is 5.37. The molecule has 1 rings (SSSR count). The van der Waals surface area contributed by atoms with Crippen molar-refractivity contribution in [3.8, 4) is 0 Å². The summed E-state index contributed by atoms with van der Waals surface area (Å²) < 4.78 is 0. The molecule has 19 heavy (non-hydrogen) atoms. The van der Waals surface area contributed by atoms with Crippen molar-refractivity contribution in [3.05, 3.63) is 29.6 Å². The molecular formula is C13H19N3O3. The van der Waals surface area contributed by atoms with E-state index in [4.69, 9.17) is 5.11 Å². The first-order valence-electron chi connectivity index (χ1n) is 6.24. The predicted octanol–water partition coefficient (Wildman–Crippen LogP) is 1.44. The molecule has 104 valence electrons. The number of carboxylic acid groups (broad SMARTS) is 1. The fraction of sp³-hybridized carbons (Fsp3) is 0.462. The SMILES string of the molecule is Cc1cccc(CNC(=O)NCCCCC(=O)O)n1. The monoisotopic (exact) mass is 265 g/mol. The minimum absolute atomic E-state index is 0.135. The lowest BCUT2D eigenvalue weighted by Crippen LogP contribution is -2.35. The third-order valence-electron chi connectivity index (χ3n) is 2.48. The number of aryl methyl sites for hydroxylation is 1. The first kappa shape index (κ1) is 14.9. The molecule has 0 saturated carbocycles. The van der Waals surface area contributed by atoms with Gasteiger partial charge in [0.05, 0.1) is 12.2 Å². The summed E-state index contributed by atoms with van der Waals surface area (Å²) in [5.74, 6) is -0.810. The highest BCUT2D eigenvalue weighted by molar-refractivity contribution is 5.73. The fourth-order valence-corrected chi connectivity index (χ4v) is 1.53. The number of nitrogens with one attached hydrogen (secondary N) is 2. The second kappa shape index (κ2) is 8.07. The second-order valence-corrected chi connectivity index (χ2v) is 4.23. The maximum absolute atomic E-state index is 11.4. The van der Waals surface area contributed by atoms with Gasteiger partial charge in [-0.05, 0) is 31.9 Å². The number of rotatable bonds is 7. The molecule has 0 radical (unpaired) electrons. The van der Waals surface area contributed by atoms with Crippen LogP contribution in [-0.4, -0.2) is 28.6 Å². The molecular weight excluding hydrogens is 246 g/mol. The molecule has 6 heteroatoms. The first-order valence-corrected chi connectivity index (χ1v) is 6.24. The average Bonchev–Trinajstić information content (AvgIpc) is 2.35. The van der Waals surface area contributed by atoms with E-state index in [1.54, 1.807) is 0 Å². The molecule has 0 spiro atoms. The standard InChI is InChI=1S/C13H19N3O3/c1-10-5-4-6-11(16-10)9-15-13(19)14-8-3-2-7-12(17)18/h4-6H,2-3,7-9H2,1H3,(H,17,18)(H2,14,15,19). The van der Waals surface area contributed by atoms with Gasteiger partial charge in [0.1, 0.15) is 0 Å². The molecule has 0 aliphatic rings. The molecule has 1 aromatic rings. The van der Waals surface area contributed by atoms with Crippen LogP contribution in [0.15, 0.2) is 18.2 Å². The van der Waals surface area contributed by atoms with Gasteiger partial charge in [0.25, 0.3) is 0 Å². The Morgan fingerprint density at radius 1 is 1.26 bits per heavy atom. The maximum atomic E-state index is 11.4. The number of hydrogen-bond acceptors (Lipinski definition) is 3. The van der Waals surface area contributed by atoms with Crippen LogP contribution in [0.25, 0.3) is 0 Å². The Hall–Kier alpha value is -2.11. The smallest absolute Gasteiger partial charge is 0.315 e. The Morgan fingerprint density at radius 3 is 2.74 bits per heavy atom. The molecule has 0 bridgehead atoms. The van der Waals surface area contributed by atoms with Gasteiger partial charge < -0.3 is 15.7 Å². The minimum atomic E-state index is -0.810. The van der Waals surface area contributed by atoms with Gasteiger partial charge in [0, 0.05) is 18.7 Å². The number of pyridine rings is 1. The van der Waals surface area contributed by atoms with Crippen LogP contribution in [0.3, 0.4) is 0 Å². The van der Waals surface area contributed by atoms with Crippen LogP contribution in [0.1, 0.15) is 30.7 Å². The normalized spacial score (nSPS) is 9.95. The van der Waals surface area contributed by atoms with Crippen molar-refractivity contribution in [2.24, 2.45) is 0 Å². The van der Waals surface area contributed by atoms with Gasteiger partial charge in [-0.2, -0.15) is 0 Å². The third kappa shape index (κ3) is 7.03. The highest BCUT2D eigenvalue weighted by Crippen LogP contribution is 1.97. The van der Waals surface area contributed by atoms with Gasteiger partial charge >= 0.3 is 12.0 Å². The van der Waals surface area contributed by atoms with E-state index in [0.717, 1.165) is 11.4 Å². The molecule has 0 aliphatic heterocycles. The summed E-state index contributed by atoms with van der Waals surface area (Å²) in [5, 5.41) is 13.8. The van der Waals surface area contributed by atoms with Crippen LogP contribution >= 0.6 is 0 Å². The number of aliphatic carboxylic acids is 1. The van der Waals surface area contributed by atoms with Gasteiger partial charge in [-0.15, -0.1) is 0 Å². The first-order chi connectivity index (χ1) is 9.08. The second-order valence-electron chi connectivity index (χ2n) is 4.23. The lowest BCUT2D eigenvalue weighted by atomic mass is 10.2. The summed E-state index contributed by atoms with van der Waals surface area (Å²) in [7, 11) is 0. The van der Waals surface area contributed by atoms with Gasteiger partial charge in [0.2, 0.25) is 0 Å². The Kier molecular flexibility index (Phi) is 6.35. The van der Waals surface area contributed by atoms with Crippen molar-refractivity contribution in [1.29, 1.82) is 0 Å². The van der Waals surface area contributed by atoms with Crippen LogP contribution in [0.4, 0.5) is 4.79 Å². The molecule has 0 fully saturated rings. The molecule has 0 saturated heterocycles. The molecule has 0 atom stereocenters. The molecule has 2 amide bonds. The zero-order valence-electron chi connectivity index (χ0n) is 11.0. The van der Waals surface area contributed by atoms with Crippen LogP contribution in [-0.2, 0) is 11.3 Å². The van der Waals surface area contributed by atoms with Crippen molar-refractivity contribution in [3.63, 3.8) is 0 Å². The molecule has 0 aromatic carbocycles. The highest BCUT2D eigenvalue weighted by atomic mass is 16.4. The van der Waals surface area contributed by atoms with Crippen LogP contribution in [0.2, 0.25) is 0 Å². The number of carboxylic acids is 1. The van der Waals surface area contributed by atoms with Crippen molar-refractivity contribution < 1.29 is 14.7 Å². The van der Waals surface area contributed by atoms with E-state index in [9.17, 15) is 9.59 Å². The third-order valence-corrected chi connectivity index (χ3v) is 2.48. The fourth-order valence-electron chi connectivity index (χ4n) is 1.53. The van der Waals surface area contributed by atoms with Crippen LogP contribution in [0.5, 0.6) is 0 Å². The molecule has 1 heterocycles.